The van der Waals surface area contributed by atoms with Gasteiger partial charge < -0.3 is 15.0 Å². The summed E-state index contributed by atoms with van der Waals surface area (Å²) < 4.78 is 19.0. The lowest BCUT2D eigenvalue weighted by atomic mass is 10.1. The van der Waals surface area contributed by atoms with Crippen LogP contribution in [0.15, 0.2) is 24.3 Å². The Morgan fingerprint density at radius 3 is 3.05 bits per heavy atom. The SMILES string of the molecule is O=C(CNCC1CC1)N1CCOC(c2cccc(F)c2)C1. The molecule has 1 aromatic rings. The second-order valence-electron chi connectivity index (χ2n) is 5.83. The first-order chi connectivity index (χ1) is 10.2. The van der Waals surface area contributed by atoms with Gasteiger partial charge in [-0.05, 0) is 43.0 Å². The molecule has 4 nitrogen and oxygen atoms in total. The lowest BCUT2D eigenvalue weighted by Crippen LogP contribution is -2.46. The van der Waals surface area contributed by atoms with Gasteiger partial charge in [0.25, 0.3) is 0 Å². The number of carbonyl (C=O) groups is 1. The van der Waals surface area contributed by atoms with Gasteiger partial charge in [-0.25, -0.2) is 4.39 Å². The molecule has 1 unspecified atom stereocenters. The fourth-order valence-corrected chi connectivity index (χ4v) is 2.60. The van der Waals surface area contributed by atoms with Crippen molar-refractivity contribution >= 4 is 5.91 Å². The Morgan fingerprint density at radius 1 is 1.43 bits per heavy atom. The van der Waals surface area contributed by atoms with E-state index >= 15 is 0 Å². The fraction of sp³-hybridized carbons (Fsp3) is 0.562. The van der Waals surface area contributed by atoms with Crippen molar-refractivity contribution in [2.75, 3.05) is 32.8 Å². The maximum Gasteiger partial charge on any atom is 0.236 e. The molecular weight excluding hydrogens is 271 g/mol. The molecule has 0 bridgehead atoms. The summed E-state index contributed by atoms with van der Waals surface area (Å²) in [5.41, 5.74) is 0.790. The van der Waals surface area contributed by atoms with E-state index in [0.717, 1.165) is 18.0 Å². The number of benzene rings is 1. The molecule has 0 aromatic heterocycles. The minimum Gasteiger partial charge on any atom is -0.370 e. The Morgan fingerprint density at radius 2 is 2.29 bits per heavy atom. The molecule has 21 heavy (non-hydrogen) atoms. The summed E-state index contributed by atoms with van der Waals surface area (Å²) in [4.78, 5) is 14.0. The van der Waals surface area contributed by atoms with Crippen LogP contribution in [-0.4, -0.2) is 43.6 Å². The molecule has 1 atom stereocenters. The van der Waals surface area contributed by atoms with Gasteiger partial charge in [-0.2, -0.15) is 0 Å². The van der Waals surface area contributed by atoms with E-state index in [1.54, 1.807) is 11.0 Å². The van der Waals surface area contributed by atoms with Crippen molar-refractivity contribution in [3.05, 3.63) is 35.6 Å². The third kappa shape index (κ3) is 4.02. The highest BCUT2D eigenvalue weighted by molar-refractivity contribution is 5.78. The van der Waals surface area contributed by atoms with Crippen molar-refractivity contribution in [2.45, 2.75) is 18.9 Å². The van der Waals surface area contributed by atoms with Crippen LogP contribution in [0.3, 0.4) is 0 Å². The number of nitrogens with zero attached hydrogens (tertiary/aromatic N) is 1. The monoisotopic (exact) mass is 292 g/mol. The van der Waals surface area contributed by atoms with Gasteiger partial charge in [0.1, 0.15) is 11.9 Å². The fourth-order valence-electron chi connectivity index (χ4n) is 2.60. The van der Waals surface area contributed by atoms with Gasteiger partial charge in [0.15, 0.2) is 0 Å². The predicted octanol–water partition coefficient (Wildman–Crippen LogP) is 1.73. The Bertz CT molecular complexity index is 505. The molecule has 1 aliphatic carbocycles. The van der Waals surface area contributed by atoms with Crippen molar-refractivity contribution in [3.8, 4) is 0 Å². The molecule has 1 N–H and O–H groups in total. The first-order valence-electron chi connectivity index (χ1n) is 7.58. The molecule has 0 spiro atoms. The second-order valence-corrected chi connectivity index (χ2v) is 5.83. The van der Waals surface area contributed by atoms with Gasteiger partial charge in [-0.1, -0.05) is 12.1 Å². The number of rotatable bonds is 5. The molecule has 3 rings (SSSR count). The van der Waals surface area contributed by atoms with Crippen LogP contribution in [0.1, 0.15) is 24.5 Å². The van der Waals surface area contributed by atoms with Crippen molar-refractivity contribution in [3.63, 3.8) is 0 Å². The third-order valence-corrected chi connectivity index (χ3v) is 4.05. The summed E-state index contributed by atoms with van der Waals surface area (Å²) in [6, 6.07) is 6.40. The summed E-state index contributed by atoms with van der Waals surface area (Å²) >= 11 is 0. The highest BCUT2D eigenvalue weighted by Crippen LogP contribution is 2.27. The second kappa shape index (κ2) is 6.54. The first kappa shape index (κ1) is 14.5. The molecule has 2 fully saturated rings. The number of morpholine rings is 1. The highest BCUT2D eigenvalue weighted by atomic mass is 19.1. The summed E-state index contributed by atoms with van der Waals surface area (Å²) in [6.07, 6.45) is 2.32. The normalized spacial score (nSPS) is 22.3. The van der Waals surface area contributed by atoms with Crippen LogP contribution in [0.4, 0.5) is 4.39 Å². The number of hydrogen-bond acceptors (Lipinski definition) is 3. The molecule has 1 aliphatic heterocycles. The Hall–Kier alpha value is -1.46. The molecule has 1 saturated heterocycles. The smallest absolute Gasteiger partial charge is 0.236 e. The standard InChI is InChI=1S/C16H21FN2O2/c17-14-3-1-2-13(8-14)15-11-19(6-7-21-15)16(20)10-18-9-12-4-5-12/h1-3,8,12,15,18H,4-7,9-11H2. The lowest BCUT2D eigenvalue weighted by molar-refractivity contribution is -0.138. The highest BCUT2D eigenvalue weighted by Gasteiger charge is 2.26. The first-order valence-corrected chi connectivity index (χ1v) is 7.58. The van der Waals surface area contributed by atoms with Crippen LogP contribution >= 0.6 is 0 Å². The van der Waals surface area contributed by atoms with Gasteiger partial charge in [0.2, 0.25) is 5.91 Å². The van der Waals surface area contributed by atoms with Crippen LogP contribution in [0, 0.1) is 11.7 Å². The molecule has 1 saturated carbocycles. The van der Waals surface area contributed by atoms with E-state index in [9.17, 15) is 9.18 Å². The number of amides is 1. The number of nitrogens with one attached hydrogen (secondary N) is 1. The van der Waals surface area contributed by atoms with E-state index in [1.165, 1.54) is 25.0 Å². The molecule has 1 amide bonds. The number of ether oxygens (including phenoxy) is 1. The maximum atomic E-state index is 13.3. The van der Waals surface area contributed by atoms with E-state index in [4.69, 9.17) is 4.74 Å². The van der Waals surface area contributed by atoms with Crippen molar-refractivity contribution in [2.24, 2.45) is 5.92 Å². The van der Waals surface area contributed by atoms with Gasteiger partial charge >= 0.3 is 0 Å². The molecular formula is C16H21FN2O2. The summed E-state index contributed by atoms with van der Waals surface area (Å²) in [5.74, 6) is 0.591. The number of hydrogen-bond donors (Lipinski definition) is 1. The largest absolute Gasteiger partial charge is 0.370 e. The average Bonchev–Trinajstić information content (AvgIpc) is 3.31. The van der Waals surface area contributed by atoms with Crippen molar-refractivity contribution in [1.29, 1.82) is 0 Å². The van der Waals surface area contributed by atoms with E-state index in [1.807, 2.05) is 6.07 Å². The van der Waals surface area contributed by atoms with Crippen LogP contribution in [0.2, 0.25) is 0 Å². The quantitative estimate of drug-likeness (QED) is 0.898. The van der Waals surface area contributed by atoms with Gasteiger partial charge in [0, 0.05) is 6.54 Å². The van der Waals surface area contributed by atoms with Crippen LogP contribution in [0.5, 0.6) is 0 Å². The topological polar surface area (TPSA) is 41.6 Å². The van der Waals surface area contributed by atoms with E-state index in [2.05, 4.69) is 5.32 Å². The Balaban J connectivity index is 1.53. The molecule has 0 radical (unpaired) electrons. The molecule has 1 aromatic carbocycles. The molecule has 5 heteroatoms. The third-order valence-electron chi connectivity index (χ3n) is 4.05. The van der Waals surface area contributed by atoms with E-state index in [0.29, 0.717) is 26.2 Å². The Kier molecular flexibility index (Phi) is 4.51. The Labute approximate surface area is 124 Å². The lowest BCUT2D eigenvalue weighted by Gasteiger charge is -2.33. The molecule has 2 aliphatic rings. The van der Waals surface area contributed by atoms with E-state index < -0.39 is 0 Å². The minimum absolute atomic E-state index is 0.0975. The van der Waals surface area contributed by atoms with Gasteiger partial charge in [-0.3, -0.25) is 4.79 Å². The summed E-state index contributed by atoms with van der Waals surface area (Å²) in [6.45, 7) is 2.91. The summed E-state index contributed by atoms with van der Waals surface area (Å²) in [5, 5.41) is 3.22. The zero-order valence-corrected chi connectivity index (χ0v) is 12.1. The van der Waals surface area contributed by atoms with Gasteiger partial charge in [-0.15, -0.1) is 0 Å². The average molecular weight is 292 g/mol. The van der Waals surface area contributed by atoms with Crippen molar-refractivity contribution < 1.29 is 13.9 Å². The maximum absolute atomic E-state index is 13.3. The number of halogens is 1. The van der Waals surface area contributed by atoms with E-state index in [-0.39, 0.29) is 17.8 Å². The minimum atomic E-state index is -0.273. The zero-order valence-electron chi connectivity index (χ0n) is 12.1. The molecule has 114 valence electrons. The zero-order chi connectivity index (χ0) is 14.7. The summed E-state index contributed by atoms with van der Waals surface area (Å²) in [7, 11) is 0. The van der Waals surface area contributed by atoms with Crippen LogP contribution < -0.4 is 5.32 Å². The predicted molar refractivity (Wildman–Crippen MR) is 77.3 cm³/mol. The van der Waals surface area contributed by atoms with Crippen LogP contribution in [0.25, 0.3) is 0 Å². The van der Waals surface area contributed by atoms with Gasteiger partial charge in [0.05, 0.1) is 19.7 Å². The molecule has 1 heterocycles. The van der Waals surface area contributed by atoms with Crippen molar-refractivity contribution in [1.82, 2.24) is 10.2 Å². The van der Waals surface area contributed by atoms with Crippen LogP contribution in [-0.2, 0) is 9.53 Å². The number of carbonyl (C=O) groups excluding carboxylic acids is 1.